The first-order chi connectivity index (χ1) is 22.4. The number of aromatic nitrogens is 4. The molecule has 6 heteroatoms. The fraction of sp³-hybridized carbons (Fsp3) is 0.214. The first-order valence-electron chi connectivity index (χ1n) is 16.1. The molecule has 0 radical (unpaired) electrons. The quantitative estimate of drug-likeness (QED) is 0.180. The van der Waals surface area contributed by atoms with Crippen molar-refractivity contribution in [1.82, 2.24) is 19.5 Å². The van der Waals surface area contributed by atoms with Gasteiger partial charge in [-0.25, -0.2) is 0 Å². The van der Waals surface area contributed by atoms with Crippen LogP contribution in [-0.4, -0.2) is 24.6 Å². The minimum absolute atomic E-state index is 0. The fourth-order valence-corrected chi connectivity index (χ4v) is 6.21. The molecule has 0 fully saturated rings. The molecule has 244 valence electrons. The summed E-state index contributed by atoms with van der Waals surface area (Å²) in [6.45, 7) is 15.4. The number of phenolic OH excluding ortho intramolecular Hbond substituents is 1. The van der Waals surface area contributed by atoms with Crippen LogP contribution in [0.4, 0.5) is 0 Å². The zero-order valence-electron chi connectivity index (χ0n) is 28.4. The molecule has 0 atom stereocenters. The molecule has 48 heavy (non-hydrogen) atoms. The van der Waals surface area contributed by atoms with Crippen LogP contribution < -0.4 is 0 Å². The van der Waals surface area contributed by atoms with Crippen molar-refractivity contribution in [2.24, 2.45) is 0 Å². The molecule has 0 unspecified atom stereocenters. The van der Waals surface area contributed by atoms with Crippen molar-refractivity contribution in [2.75, 3.05) is 0 Å². The van der Waals surface area contributed by atoms with Gasteiger partial charge >= 0.3 is 0 Å². The summed E-state index contributed by atoms with van der Waals surface area (Å²) < 4.78 is 2.15. The summed E-state index contributed by atoms with van der Waals surface area (Å²) in [5.41, 5.74) is 11.3. The van der Waals surface area contributed by atoms with Crippen LogP contribution >= 0.6 is 0 Å². The molecular formula is C42H39N4OPt-. The Morgan fingerprint density at radius 1 is 0.688 bits per heavy atom. The number of hydrogen-bond acceptors (Lipinski definition) is 4. The summed E-state index contributed by atoms with van der Waals surface area (Å²) in [5, 5.41) is 11.9. The van der Waals surface area contributed by atoms with Gasteiger partial charge in [-0.2, -0.15) is 0 Å². The maximum absolute atomic E-state index is 10.8. The maximum Gasteiger partial charge on any atom is 0.123 e. The fourth-order valence-electron chi connectivity index (χ4n) is 6.21. The number of benzene rings is 4. The number of aromatic hydroxyl groups is 1. The van der Waals surface area contributed by atoms with Crippen molar-refractivity contribution >= 4 is 21.9 Å². The summed E-state index contributed by atoms with van der Waals surface area (Å²) in [5.74, 6) is 0.888. The van der Waals surface area contributed by atoms with Crippen molar-refractivity contribution < 1.29 is 26.2 Å². The molecule has 5 nitrogen and oxygen atoms in total. The van der Waals surface area contributed by atoms with Crippen molar-refractivity contribution in [3.63, 3.8) is 0 Å². The van der Waals surface area contributed by atoms with Crippen molar-refractivity contribution in [3.8, 4) is 45.2 Å². The third-order valence-corrected chi connectivity index (χ3v) is 8.86. The molecule has 0 bridgehead atoms. The Morgan fingerprint density at radius 2 is 1.40 bits per heavy atom. The number of para-hydroxylation sites is 2. The SMILES string of the molecule is Cc1cnc2c(-c3[c-]c(-c4nc5c(-c6ccccc6O)cccc5n4-c4ccc(C(C)(C)C)cc4)ncc3)cc(C(C)(C)C)cc2c1.[Pt]. The van der Waals surface area contributed by atoms with Crippen LogP contribution in [-0.2, 0) is 31.9 Å². The monoisotopic (exact) mass is 810 g/mol. The number of hydrogen-bond donors (Lipinski definition) is 1. The van der Waals surface area contributed by atoms with Gasteiger partial charge in [-0.05, 0) is 70.8 Å². The van der Waals surface area contributed by atoms with E-state index in [2.05, 4.69) is 108 Å². The summed E-state index contributed by atoms with van der Waals surface area (Å²) in [6, 6.07) is 34.5. The largest absolute Gasteiger partial charge is 0.507 e. The standard InChI is InChI=1S/C42H39N4O.Pt/c1-26-21-28-22-30(42(5,6)7)24-34(38(28)44-25-26)27-19-20-43-35(23-27)40-45-39-33(32-11-8-9-14-37(32)47)12-10-13-36(39)46(40)31-17-15-29(16-18-31)41(2,3)4;/h8-22,24-25,47H,1-7H3;/q-1;. The molecule has 0 spiro atoms. The van der Waals surface area contributed by atoms with E-state index in [1.54, 1.807) is 6.07 Å². The maximum atomic E-state index is 10.8. The summed E-state index contributed by atoms with van der Waals surface area (Å²) >= 11 is 0. The van der Waals surface area contributed by atoms with E-state index in [0.717, 1.165) is 55.4 Å². The van der Waals surface area contributed by atoms with E-state index in [-0.39, 0.29) is 37.6 Å². The van der Waals surface area contributed by atoms with E-state index in [9.17, 15) is 5.11 Å². The molecule has 3 heterocycles. The molecule has 0 saturated heterocycles. The third kappa shape index (κ3) is 6.08. The summed E-state index contributed by atoms with van der Waals surface area (Å²) in [4.78, 5) is 15.0. The second-order valence-electron chi connectivity index (χ2n) is 14.4. The van der Waals surface area contributed by atoms with Gasteiger partial charge in [0.05, 0.1) is 16.9 Å². The number of phenols is 1. The van der Waals surface area contributed by atoms with Gasteiger partial charge in [-0.3, -0.25) is 15.0 Å². The topological polar surface area (TPSA) is 63.8 Å². The van der Waals surface area contributed by atoms with Crippen molar-refractivity contribution in [3.05, 3.63) is 126 Å². The van der Waals surface area contributed by atoms with Crippen molar-refractivity contribution in [1.29, 1.82) is 0 Å². The zero-order valence-corrected chi connectivity index (χ0v) is 30.6. The Morgan fingerprint density at radius 3 is 2.10 bits per heavy atom. The van der Waals surface area contributed by atoms with Gasteiger partial charge in [0.1, 0.15) is 5.75 Å². The van der Waals surface area contributed by atoms with Crippen molar-refractivity contribution in [2.45, 2.75) is 59.3 Å². The van der Waals surface area contributed by atoms with E-state index in [0.29, 0.717) is 11.5 Å². The Bertz CT molecular complexity index is 2290. The van der Waals surface area contributed by atoms with Crippen LogP contribution in [0.15, 0.2) is 103 Å². The smallest absolute Gasteiger partial charge is 0.123 e. The van der Waals surface area contributed by atoms with Gasteiger partial charge in [0.2, 0.25) is 0 Å². The molecule has 0 aliphatic rings. The average Bonchev–Trinajstić information content (AvgIpc) is 3.44. The Labute approximate surface area is 297 Å². The van der Waals surface area contributed by atoms with Crippen LogP contribution in [0.5, 0.6) is 5.75 Å². The normalized spacial score (nSPS) is 12.0. The predicted octanol–water partition coefficient (Wildman–Crippen LogP) is 10.4. The summed E-state index contributed by atoms with van der Waals surface area (Å²) in [6.07, 6.45) is 3.76. The van der Waals surface area contributed by atoms with Crippen LogP contribution in [0.2, 0.25) is 0 Å². The number of aryl methyl sites for hydroxylation is 1. The van der Waals surface area contributed by atoms with Gasteiger partial charge in [-0.15, -0.1) is 17.7 Å². The molecule has 0 aliphatic carbocycles. The number of rotatable bonds is 4. The minimum Gasteiger partial charge on any atom is -0.507 e. The molecular weight excluding hydrogens is 772 g/mol. The minimum atomic E-state index is -0.0465. The first-order valence-corrected chi connectivity index (χ1v) is 16.1. The van der Waals surface area contributed by atoms with E-state index in [4.69, 9.17) is 15.0 Å². The van der Waals surface area contributed by atoms with Crippen LogP contribution in [0, 0.1) is 13.0 Å². The predicted molar refractivity (Wildman–Crippen MR) is 193 cm³/mol. The van der Waals surface area contributed by atoms with E-state index in [1.165, 1.54) is 11.1 Å². The molecule has 0 aliphatic heterocycles. The zero-order chi connectivity index (χ0) is 33.1. The molecule has 0 amide bonds. The summed E-state index contributed by atoms with van der Waals surface area (Å²) in [7, 11) is 0. The average molecular weight is 811 g/mol. The number of fused-ring (bicyclic) bond motifs is 2. The van der Waals surface area contributed by atoms with Crippen LogP contribution in [0.25, 0.3) is 61.4 Å². The Kier molecular flexibility index (Phi) is 8.64. The molecule has 4 aromatic carbocycles. The van der Waals surface area contributed by atoms with Gasteiger partial charge in [0.25, 0.3) is 0 Å². The first kappa shape index (κ1) is 33.3. The van der Waals surface area contributed by atoms with Crippen LogP contribution in [0.1, 0.15) is 58.2 Å². The number of pyridine rings is 2. The van der Waals surface area contributed by atoms with Gasteiger partial charge in [0, 0.05) is 55.3 Å². The molecule has 1 N–H and O–H groups in total. The third-order valence-electron chi connectivity index (χ3n) is 8.86. The van der Waals surface area contributed by atoms with E-state index in [1.807, 2.05) is 48.8 Å². The second-order valence-corrected chi connectivity index (χ2v) is 14.4. The molecule has 7 rings (SSSR count). The van der Waals surface area contributed by atoms with E-state index < -0.39 is 0 Å². The molecule has 0 saturated carbocycles. The van der Waals surface area contributed by atoms with Gasteiger partial charge < -0.3 is 9.67 Å². The van der Waals surface area contributed by atoms with Gasteiger partial charge in [0.15, 0.2) is 0 Å². The van der Waals surface area contributed by atoms with E-state index >= 15 is 0 Å². The molecule has 3 aromatic heterocycles. The Hall–Kier alpha value is -4.60. The van der Waals surface area contributed by atoms with Gasteiger partial charge in [-0.1, -0.05) is 107 Å². The Balaban J connectivity index is 0.00000401. The molecule has 7 aromatic rings. The second kappa shape index (κ2) is 12.4. The number of imidazole rings is 1. The number of nitrogens with zero attached hydrogens (tertiary/aromatic N) is 4. The van der Waals surface area contributed by atoms with Crippen LogP contribution in [0.3, 0.4) is 0 Å².